The summed E-state index contributed by atoms with van der Waals surface area (Å²) in [6.45, 7) is 13.4. The molecule has 8 aromatic rings. The lowest BCUT2D eigenvalue weighted by Gasteiger charge is -2.34. The first kappa shape index (κ1) is 72.0. The second-order valence-corrected chi connectivity index (χ2v) is 25.0. The Hall–Kier alpha value is -9.29. The van der Waals surface area contributed by atoms with Crippen molar-refractivity contribution in [3.05, 3.63) is 134 Å². The summed E-state index contributed by atoms with van der Waals surface area (Å²) in [5.74, 6) is -1.68. The maximum Gasteiger partial charge on any atom is 0.329 e. The molecular weight excluding hydrogens is 1300 g/mol. The standard InChI is InChI=1S/C65H76ClF2N17O11S/c1-39(47-30-41(33-69)6-11-49(47)67)75-58-55(66)40(2)74-52-32-50(68)56(78-57(52)58)43-34-72-64(73-35-43)84-18-16-83(17-19-84)54(87)38-94-22-20-85-36-45(81-82-85)37-95-28-27-93-26-25-92-24-23-91-21-15-71-53(86)13-12-51(62(90)96-65(3,4)5)77-60(88)42-7-9-46(10-8-42)97-29-14-44-31-48-59(76-44)79-63(70)80-61(48)89/h6-11,30-32,34-36,39,51H,12-29,37-38H2,1-5H3,(H,71,86)(H,74,75)(H,77,88)(H4,70,76,79,80,89)/t39-,51+/m1/s1. The van der Waals surface area contributed by atoms with E-state index in [9.17, 15) is 33.6 Å². The van der Waals surface area contributed by atoms with Crippen molar-refractivity contribution in [1.29, 1.82) is 5.26 Å². The van der Waals surface area contributed by atoms with Gasteiger partial charge in [0.2, 0.25) is 23.7 Å². The monoisotopic (exact) mass is 1380 g/mol. The van der Waals surface area contributed by atoms with Gasteiger partial charge in [-0.2, -0.15) is 10.2 Å². The normalized spacial score (nSPS) is 13.2. The van der Waals surface area contributed by atoms with Gasteiger partial charge < -0.3 is 64.9 Å². The van der Waals surface area contributed by atoms with Crippen molar-refractivity contribution < 1.29 is 56.4 Å². The Morgan fingerprint density at radius 1 is 0.866 bits per heavy atom. The van der Waals surface area contributed by atoms with Crippen molar-refractivity contribution in [3.8, 4) is 17.3 Å². The highest BCUT2D eigenvalue weighted by molar-refractivity contribution is 7.99. The van der Waals surface area contributed by atoms with Crippen molar-refractivity contribution in [3.63, 3.8) is 0 Å². The van der Waals surface area contributed by atoms with Gasteiger partial charge in [0, 0.05) is 90.6 Å². The van der Waals surface area contributed by atoms with Crippen LogP contribution < -0.4 is 32.1 Å². The molecule has 1 fully saturated rings. The molecule has 1 saturated heterocycles. The average Bonchev–Trinajstić information content (AvgIpc) is 1.16. The number of fused-ring (bicyclic) bond motifs is 2. The minimum absolute atomic E-state index is 0.0124. The van der Waals surface area contributed by atoms with E-state index in [0.29, 0.717) is 130 Å². The number of hydrogen-bond donors (Lipinski definition) is 6. The first-order valence-corrected chi connectivity index (χ1v) is 32.7. The van der Waals surface area contributed by atoms with Crippen LogP contribution in [0, 0.1) is 29.9 Å². The minimum Gasteiger partial charge on any atom is -0.458 e. The number of amides is 3. The van der Waals surface area contributed by atoms with Crippen molar-refractivity contribution in [2.75, 3.05) is 114 Å². The number of piperazine rings is 1. The SMILES string of the molecule is Cc1nc2cc(F)c(-c3cnc(N4CCN(C(=O)COCCn5cc(COCCOCCOCCOCCNC(=O)CC[C@H](NC(=O)c6ccc(SCCc7cc8c(=O)[nH]c(N)nc8[nH]7)cc6)C(=O)OC(C)(C)C)nn5)CC4)nc3)nc2c(N[C@H](C)c2cc(C#N)ccc2F)c1Cl. The molecule has 97 heavy (non-hydrogen) atoms. The molecule has 6 aromatic heterocycles. The Morgan fingerprint density at radius 2 is 1.58 bits per heavy atom. The molecule has 28 nitrogen and oxygen atoms in total. The number of aryl methyl sites for hydroxylation is 2. The zero-order valence-electron chi connectivity index (χ0n) is 54.3. The molecule has 0 unspecified atom stereocenters. The Labute approximate surface area is 566 Å². The third kappa shape index (κ3) is 20.9. The molecule has 2 aromatic carbocycles. The molecule has 514 valence electrons. The molecule has 2 atom stereocenters. The van der Waals surface area contributed by atoms with Crippen LogP contribution in [0.15, 0.2) is 82.9 Å². The summed E-state index contributed by atoms with van der Waals surface area (Å²) in [4.78, 5) is 96.8. The van der Waals surface area contributed by atoms with Crippen LogP contribution in [0.5, 0.6) is 0 Å². The predicted molar refractivity (Wildman–Crippen MR) is 357 cm³/mol. The Bertz CT molecular complexity index is 4130. The number of nitriles is 1. The van der Waals surface area contributed by atoms with Crippen LogP contribution in [-0.4, -0.2) is 188 Å². The Kier molecular flexibility index (Phi) is 25.7. The number of nitrogens with two attached hydrogens (primary N) is 1. The van der Waals surface area contributed by atoms with Crippen LogP contribution in [0.25, 0.3) is 33.3 Å². The second kappa shape index (κ2) is 34.6. The van der Waals surface area contributed by atoms with Crippen LogP contribution >= 0.6 is 23.4 Å². The number of nitrogen functional groups attached to an aromatic ring is 1. The van der Waals surface area contributed by atoms with E-state index in [-0.39, 0.29) is 102 Å². The van der Waals surface area contributed by atoms with E-state index in [1.165, 1.54) is 36.7 Å². The third-order valence-electron chi connectivity index (χ3n) is 15.0. The number of esters is 1. The molecule has 1 aliphatic heterocycles. The van der Waals surface area contributed by atoms with Gasteiger partial charge in [0.05, 0.1) is 117 Å². The summed E-state index contributed by atoms with van der Waals surface area (Å²) in [7, 11) is 0. The zero-order valence-corrected chi connectivity index (χ0v) is 55.8. The largest absolute Gasteiger partial charge is 0.458 e. The molecule has 0 bridgehead atoms. The number of thioether (sulfide) groups is 1. The highest BCUT2D eigenvalue weighted by Gasteiger charge is 2.29. The number of rotatable bonds is 34. The number of nitrogens with zero attached hydrogens (tertiary/aromatic N) is 11. The number of carbonyl (C=O) groups is 4. The van der Waals surface area contributed by atoms with E-state index in [1.54, 1.807) is 92.5 Å². The lowest BCUT2D eigenvalue weighted by Crippen LogP contribution is -2.50. The molecule has 7 heterocycles. The Morgan fingerprint density at radius 3 is 2.29 bits per heavy atom. The lowest BCUT2D eigenvalue weighted by molar-refractivity contribution is -0.157. The molecule has 0 spiro atoms. The molecule has 1 aliphatic rings. The zero-order chi connectivity index (χ0) is 69.0. The predicted octanol–water partition coefficient (Wildman–Crippen LogP) is 6.41. The van der Waals surface area contributed by atoms with Crippen LogP contribution in [-0.2, 0) is 62.4 Å². The minimum atomic E-state index is -1.07. The van der Waals surface area contributed by atoms with Crippen LogP contribution in [0.4, 0.5) is 26.4 Å². The first-order chi connectivity index (χ1) is 46.7. The molecule has 0 saturated carbocycles. The fourth-order valence-electron chi connectivity index (χ4n) is 10.1. The van der Waals surface area contributed by atoms with Gasteiger partial charge in [-0.3, -0.25) is 24.2 Å². The number of aromatic nitrogens is 10. The number of pyridine rings is 2. The molecule has 0 radical (unpaired) electrons. The molecule has 0 aliphatic carbocycles. The number of carbonyl (C=O) groups excluding carboxylic acids is 4. The van der Waals surface area contributed by atoms with E-state index in [1.807, 2.05) is 11.0 Å². The highest BCUT2D eigenvalue weighted by atomic mass is 35.5. The summed E-state index contributed by atoms with van der Waals surface area (Å²) < 4.78 is 65.8. The molecule has 7 N–H and O–H groups in total. The maximum atomic E-state index is 15.7. The van der Waals surface area contributed by atoms with Gasteiger partial charge in [0.25, 0.3) is 11.5 Å². The van der Waals surface area contributed by atoms with Crippen LogP contribution in [0.2, 0.25) is 5.02 Å². The second-order valence-electron chi connectivity index (χ2n) is 23.4. The van der Waals surface area contributed by atoms with Crippen LogP contribution in [0.3, 0.4) is 0 Å². The number of ether oxygens (including phenoxy) is 6. The molecular formula is C65H76ClF2N17O11S. The summed E-state index contributed by atoms with van der Waals surface area (Å²) in [5, 5.41) is 27.0. The van der Waals surface area contributed by atoms with Crippen molar-refractivity contribution in [1.82, 2.24) is 65.4 Å². The Balaban J connectivity index is 0.578. The van der Waals surface area contributed by atoms with Crippen molar-refractivity contribution in [2.45, 2.75) is 89.6 Å². The summed E-state index contributed by atoms with van der Waals surface area (Å²) in [6, 6.07) is 14.3. The third-order valence-corrected chi connectivity index (χ3v) is 16.5. The summed E-state index contributed by atoms with van der Waals surface area (Å²) in [5.41, 5.74) is 8.73. The smallest absolute Gasteiger partial charge is 0.329 e. The van der Waals surface area contributed by atoms with Gasteiger partial charge in [-0.25, -0.2) is 38.2 Å². The molecule has 32 heteroatoms. The van der Waals surface area contributed by atoms with Gasteiger partial charge in [-0.1, -0.05) is 16.8 Å². The number of hydrogen-bond acceptors (Lipinski definition) is 23. The van der Waals surface area contributed by atoms with Crippen molar-refractivity contribution in [2.24, 2.45) is 0 Å². The van der Waals surface area contributed by atoms with Gasteiger partial charge in [-0.05, 0) is 96.0 Å². The van der Waals surface area contributed by atoms with Gasteiger partial charge in [0.15, 0.2) is 5.82 Å². The number of nitrogens with one attached hydrogen (secondary N) is 5. The summed E-state index contributed by atoms with van der Waals surface area (Å²) in [6.07, 6.45) is 5.27. The quantitative estimate of drug-likeness (QED) is 0.0144. The number of halogens is 3. The van der Waals surface area contributed by atoms with Gasteiger partial charge in [0.1, 0.15) is 46.6 Å². The lowest BCUT2D eigenvalue weighted by atomic mass is 10.0. The van der Waals surface area contributed by atoms with Crippen LogP contribution in [0.1, 0.15) is 85.1 Å². The summed E-state index contributed by atoms with van der Waals surface area (Å²) >= 11 is 8.28. The van der Waals surface area contributed by atoms with E-state index in [0.717, 1.165) is 10.6 Å². The fourth-order valence-corrected chi connectivity index (χ4v) is 11.1. The van der Waals surface area contributed by atoms with E-state index < -0.39 is 41.2 Å². The number of anilines is 3. The molecule has 9 rings (SSSR count). The van der Waals surface area contributed by atoms with E-state index >= 15 is 4.39 Å². The first-order valence-electron chi connectivity index (χ1n) is 31.3. The maximum absolute atomic E-state index is 15.7. The molecule has 3 amide bonds. The number of aromatic amines is 2. The van der Waals surface area contributed by atoms with Gasteiger partial charge >= 0.3 is 5.97 Å². The number of H-pyrrole nitrogens is 2. The topological polar surface area (TPSA) is 360 Å². The highest BCUT2D eigenvalue weighted by Crippen LogP contribution is 2.37. The van der Waals surface area contributed by atoms with Gasteiger partial charge in [-0.15, -0.1) is 16.9 Å². The average molecular weight is 1380 g/mol. The fraction of sp³-hybridized carbons (Fsp3) is 0.431. The van der Waals surface area contributed by atoms with E-state index in [2.05, 4.69) is 61.2 Å². The van der Waals surface area contributed by atoms with E-state index in [4.69, 9.17) is 45.8 Å². The van der Waals surface area contributed by atoms with Crippen molar-refractivity contribution >= 4 is 86.7 Å². The number of benzene rings is 2.